The summed E-state index contributed by atoms with van der Waals surface area (Å²) in [6, 6.07) is 8.55. The van der Waals surface area contributed by atoms with Gasteiger partial charge in [-0.3, -0.25) is 4.79 Å². The van der Waals surface area contributed by atoms with Crippen LogP contribution in [0.5, 0.6) is 0 Å². The molecule has 1 aliphatic carbocycles. The molecule has 0 N–H and O–H groups in total. The van der Waals surface area contributed by atoms with E-state index in [1.807, 2.05) is 19.1 Å². The zero-order chi connectivity index (χ0) is 14.3. The summed E-state index contributed by atoms with van der Waals surface area (Å²) in [5.74, 6) is -0.111. The molecule has 20 heavy (non-hydrogen) atoms. The van der Waals surface area contributed by atoms with Gasteiger partial charge >= 0.3 is 0 Å². The van der Waals surface area contributed by atoms with E-state index in [0.717, 1.165) is 16.7 Å². The molecule has 1 heterocycles. The van der Waals surface area contributed by atoms with Crippen LogP contribution in [0.15, 0.2) is 47.3 Å². The molecule has 0 saturated carbocycles. The van der Waals surface area contributed by atoms with Gasteiger partial charge in [0.25, 0.3) is 0 Å². The summed E-state index contributed by atoms with van der Waals surface area (Å²) < 4.78 is 5.13. The number of hydrogen-bond donors (Lipinski definition) is 0. The zero-order valence-electron chi connectivity index (χ0n) is 10.6. The maximum atomic E-state index is 12.6. The van der Waals surface area contributed by atoms with Crippen LogP contribution in [0.1, 0.15) is 21.5 Å². The Balaban J connectivity index is 2.14. The minimum atomic E-state index is -0.111. The molecule has 4 heteroatoms. The number of carbonyl (C=O) groups is 1. The number of benzene rings is 1. The van der Waals surface area contributed by atoms with Gasteiger partial charge in [0.1, 0.15) is 0 Å². The molecule has 100 valence electrons. The predicted molar refractivity (Wildman–Crippen MR) is 80.0 cm³/mol. The molecule has 1 aromatic carbocycles. The van der Waals surface area contributed by atoms with Crippen LogP contribution in [-0.4, -0.2) is 5.78 Å². The molecular formula is C16H10Cl2O2. The third kappa shape index (κ3) is 2.11. The van der Waals surface area contributed by atoms with Crippen molar-refractivity contribution in [2.24, 2.45) is 0 Å². The average molecular weight is 305 g/mol. The summed E-state index contributed by atoms with van der Waals surface area (Å²) in [5.41, 5.74) is 3.91. The van der Waals surface area contributed by atoms with E-state index in [0.29, 0.717) is 21.2 Å². The van der Waals surface area contributed by atoms with Crippen molar-refractivity contribution in [2.45, 2.75) is 6.92 Å². The normalized spacial score (nSPS) is 10.9. The van der Waals surface area contributed by atoms with Crippen LogP contribution in [-0.2, 0) is 0 Å². The monoisotopic (exact) mass is 304 g/mol. The van der Waals surface area contributed by atoms with Crippen molar-refractivity contribution in [2.75, 3.05) is 0 Å². The van der Waals surface area contributed by atoms with Crippen molar-refractivity contribution in [3.63, 3.8) is 0 Å². The molecule has 1 aromatic rings. The fraction of sp³-hybridized carbons (Fsp3) is 0.0625. The van der Waals surface area contributed by atoms with Gasteiger partial charge in [-0.1, -0.05) is 23.2 Å². The summed E-state index contributed by atoms with van der Waals surface area (Å²) in [5, 5.41) is 0.867. The van der Waals surface area contributed by atoms with E-state index in [4.69, 9.17) is 27.6 Å². The largest absolute Gasteiger partial charge is 0.472 e. The Morgan fingerprint density at radius 3 is 2.60 bits per heavy atom. The predicted octanol–water partition coefficient (Wildman–Crippen LogP) is 5.23. The Kier molecular flexibility index (Phi) is 3.28. The molecule has 0 radical (unpaired) electrons. The van der Waals surface area contributed by atoms with Crippen molar-refractivity contribution in [3.8, 4) is 11.1 Å². The lowest BCUT2D eigenvalue weighted by Gasteiger charge is -2.04. The standard InChI is InChI=1S/C16H10Cl2O2/c1-9-12-4-5-20-8-10(12)6-14(9)16(19)13-3-2-11(17)7-15(13)18/h2-8H,1H3. The van der Waals surface area contributed by atoms with Crippen molar-refractivity contribution in [3.05, 3.63) is 69.6 Å². The van der Waals surface area contributed by atoms with Crippen LogP contribution in [0.3, 0.4) is 0 Å². The first-order valence-electron chi connectivity index (χ1n) is 6.03. The third-order valence-electron chi connectivity index (χ3n) is 3.35. The van der Waals surface area contributed by atoms with Crippen molar-refractivity contribution in [1.29, 1.82) is 0 Å². The molecule has 1 aliphatic heterocycles. The Hall–Kier alpha value is -1.77. The quantitative estimate of drug-likeness (QED) is 0.607. The second-order valence-corrected chi connectivity index (χ2v) is 5.41. The van der Waals surface area contributed by atoms with E-state index < -0.39 is 0 Å². The second kappa shape index (κ2) is 4.97. The molecule has 3 rings (SSSR count). The molecule has 0 spiro atoms. The summed E-state index contributed by atoms with van der Waals surface area (Å²) in [4.78, 5) is 12.6. The van der Waals surface area contributed by atoms with Crippen LogP contribution >= 0.6 is 23.2 Å². The van der Waals surface area contributed by atoms with Gasteiger partial charge in [-0.25, -0.2) is 0 Å². The molecular weight excluding hydrogens is 295 g/mol. The second-order valence-electron chi connectivity index (χ2n) is 4.56. The number of rotatable bonds is 2. The molecule has 0 aromatic heterocycles. The minimum Gasteiger partial charge on any atom is -0.472 e. The molecule has 2 nitrogen and oxygen atoms in total. The summed E-state index contributed by atoms with van der Waals surface area (Å²) >= 11 is 12.0. The molecule has 0 amide bonds. The van der Waals surface area contributed by atoms with Gasteiger partial charge in [0.2, 0.25) is 0 Å². The van der Waals surface area contributed by atoms with Gasteiger partial charge in [0, 0.05) is 21.7 Å². The van der Waals surface area contributed by atoms with Gasteiger partial charge in [-0.05, 0) is 48.4 Å². The number of fused-ring (bicyclic) bond motifs is 1. The first kappa shape index (κ1) is 13.2. The molecule has 0 fully saturated rings. The topological polar surface area (TPSA) is 30.2 Å². The van der Waals surface area contributed by atoms with E-state index in [1.165, 1.54) is 0 Å². The highest BCUT2D eigenvalue weighted by molar-refractivity contribution is 6.37. The number of halogens is 2. The maximum absolute atomic E-state index is 12.6. The van der Waals surface area contributed by atoms with Crippen LogP contribution in [0.2, 0.25) is 10.0 Å². The smallest absolute Gasteiger partial charge is 0.194 e. The van der Waals surface area contributed by atoms with E-state index >= 15 is 0 Å². The Bertz CT molecular complexity index is 774. The van der Waals surface area contributed by atoms with Crippen LogP contribution in [0.25, 0.3) is 11.1 Å². The van der Waals surface area contributed by atoms with Gasteiger partial charge in [0.05, 0.1) is 17.5 Å². The zero-order valence-corrected chi connectivity index (χ0v) is 12.1. The first-order chi connectivity index (χ1) is 9.58. The van der Waals surface area contributed by atoms with Crippen LogP contribution in [0, 0.1) is 6.92 Å². The molecule has 2 aliphatic rings. The lowest BCUT2D eigenvalue weighted by atomic mass is 10.0. The average Bonchev–Trinajstić information content (AvgIpc) is 2.76. The fourth-order valence-electron chi connectivity index (χ4n) is 2.30. The number of hydrogen-bond acceptors (Lipinski definition) is 2. The summed E-state index contributed by atoms with van der Waals surface area (Å²) in [6.07, 6.45) is 3.22. The maximum Gasteiger partial charge on any atom is 0.194 e. The summed E-state index contributed by atoms with van der Waals surface area (Å²) in [6.45, 7) is 1.92. The van der Waals surface area contributed by atoms with Crippen molar-refractivity contribution >= 4 is 29.0 Å². The third-order valence-corrected chi connectivity index (χ3v) is 3.90. The Morgan fingerprint density at radius 2 is 1.90 bits per heavy atom. The Labute approximate surface area is 126 Å². The molecule has 0 atom stereocenters. The van der Waals surface area contributed by atoms with E-state index in [9.17, 15) is 4.79 Å². The van der Waals surface area contributed by atoms with Gasteiger partial charge in [0.15, 0.2) is 5.78 Å². The summed E-state index contributed by atoms with van der Waals surface area (Å²) in [7, 11) is 0. The highest BCUT2D eigenvalue weighted by atomic mass is 35.5. The van der Waals surface area contributed by atoms with E-state index in [2.05, 4.69) is 0 Å². The highest BCUT2D eigenvalue weighted by Crippen LogP contribution is 2.33. The number of ketones is 1. The minimum absolute atomic E-state index is 0.111. The van der Waals surface area contributed by atoms with Crippen molar-refractivity contribution in [1.82, 2.24) is 0 Å². The highest BCUT2D eigenvalue weighted by Gasteiger charge is 2.21. The van der Waals surface area contributed by atoms with Gasteiger partial charge in [-0.2, -0.15) is 0 Å². The van der Waals surface area contributed by atoms with E-state index in [1.54, 1.807) is 30.7 Å². The van der Waals surface area contributed by atoms with Crippen LogP contribution in [0.4, 0.5) is 0 Å². The van der Waals surface area contributed by atoms with Crippen LogP contribution < -0.4 is 0 Å². The Morgan fingerprint density at radius 1 is 1.10 bits per heavy atom. The first-order valence-corrected chi connectivity index (χ1v) is 6.79. The lowest BCUT2D eigenvalue weighted by molar-refractivity contribution is 0.103. The molecule has 0 bridgehead atoms. The fourth-order valence-corrected chi connectivity index (χ4v) is 2.79. The van der Waals surface area contributed by atoms with E-state index in [-0.39, 0.29) is 5.78 Å². The lowest BCUT2D eigenvalue weighted by Crippen LogP contribution is -2.02. The molecule has 0 saturated heterocycles. The number of carbonyl (C=O) groups excluding carboxylic acids is 1. The van der Waals surface area contributed by atoms with Gasteiger partial charge in [-0.15, -0.1) is 0 Å². The van der Waals surface area contributed by atoms with Gasteiger partial charge < -0.3 is 4.42 Å². The molecule has 0 unspecified atom stereocenters. The van der Waals surface area contributed by atoms with Crippen molar-refractivity contribution < 1.29 is 9.21 Å². The SMILES string of the molecule is Cc1c(C(=O)c2ccc(Cl)cc2Cl)cc2coccc1-2.